The molecule has 2 amide bonds. The summed E-state index contributed by atoms with van der Waals surface area (Å²) < 4.78 is 27.4. The van der Waals surface area contributed by atoms with Crippen LogP contribution in [0.5, 0.6) is 0 Å². The molecular formula is C23H29N3O4S. The largest absolute Gasteiger partial charge is 0.339 e. The number of hydrogen-bond donors (Lipinski definition) is 1. The minimum absolute atomic E-state index is 0.0611. The number of hydrogen-bond acceptors (Lipinski definition) is 4. The Balaban J connectivity index is 1.72. The SMILES string of the molecule is CCN(CC)C(=O)c1ccc(NC(=O)[C@H]2CCCN2S(=O)(=O)c2ccc(C)cc2)cc1. The van der Waals surface area contributed by atoms with Gasteiger partial charge in [0, 0.05) is 30.9 Å². The minimum atomic E-state index is -3.75. The lowest BCUT2D eigenvalue weighted by molar-refractivity contribution is -0.119. The van der Waals surface area contributed by atoms with E-state index in [1.54, 1.807) is 53.4 Å². The zero-order valence-electron chi connectivity index (χ0n) is 18.2. The second-order valence-electron chi connectivity index (χ2n) is 7.63. The molecule has 3 rings (SSSR count). The lowest BCUT2D eigenvalue weighted by Crippen LogP contribution is -2.43. The van der Waals surface area contributed by atoms with Crippen LogP contribution in [-0.4, -0.2) is 55.1 Å². The molecule has 2 aromatic rings. The van der Waals surface area contributed by atoms with Crippen LogP contribution in [0.1, 0.15) is 42.6 Å². The van der Waals surface area contributed by atoms with Gasteiger partial charge < -0.3 is 10.2 Å². The maximum Gasteiger partial charge on any atom is 0.253 e. The molecule has 31 heavy (non-hydrogen) atoms. The van der Waals surface area contributed by atoms with E-state index in [0.717, 1.165) is 5.56 Å². The predicted octanol–water partition coefficient (Wildman–Crippen LogP) is 3.27. The number of rotatable bonds is 7. The third kappa shape index (κ3) is 4.97. The first kappa shape index (κ1) is 23.0. The Morgan fingerprint density at radius 1 is 1.03 bits per heavy atom. The number of carbonyl (C=O) groups is 2. The van der Waals surface area contributed by atoms with Crippen LogP contribution < -0.4 is 5.32 Å². The van der Waals surface area contributed by atoms with Gasteiger partial charge in [0.25, 0.3) is 5.91 Å². The van der Waals surface area contributed by atoms with Gasteiger partial charge >= 0.3 is 0 Å². The third-order valence-corrected chi connectivity index (χ3v) is 7.51. The highest BCUT2D eigenvalue weighted by Gasteiger charge is 2.39. The highest BCUT2D eigenvalue weighted by molar-refractivity contribution is 7.89. The molecule has 1 N–H and O–H groups in total. The van der Waals surface area contributed by atoms with Gasteiger partial charge in [0.2, 0.25) is 15.9 Å². The highest BCUT2D eigenvalue weighted by Crippen LogP contribution is 2.27. The lowest BCUT2D eigenvalue weighted by atomic mass is 10.1. The molecule has 166 valence electrons. The summed E-state index contributed by atoms with van der Waals surface area (Å²) in [5.41, 5.74) is 2.05. The maximum atomic E-state index is 13.1. The van der Waals surface area contributed by atoms with Crippen molar-refractivity contribution >= 4 is 27.5 Å². The van der Waals surface area contributed by atoms with Gasteiger partial charge in [0.1, 0.15) is 6.04 Å². The summed E-state index contributed by atoms with van der Waals surface area (Å²) in [6, 6.07) is 12.6. The van der Waals surface area contributed by atoms with Gasteiger partial charge in [-0.2, -0.15) is 4.31 Å². The first-order valence-electron chi connectivity index (χ1n) is 10.6. The molecule has 1 aliphatic rings. The fourth-order valence-corrected chi connectivity index (χ4v) is 5.41. The van der Waals surface area contributed by atoms with Crippen LogP contribution in [0, 0.1) is 6.92 Å². The van der Waals surface area contributed by atoms with Crippen molar-refractivity contribution in [1.29, 1.82) is 0 Å². The van der Waals surface area contributed by atoms with Gasteiger partial charge in [0.15, 0.2) is 0 Å². The summed E-state index contributed by atoms with van der Waals surface area (Å²) in [5, 5.41) is 2.80. The fourth-order valence-electron chi connectivity index (χ4n) is 3.75. The summed E-state index contributed by atoms with van der Waals surface area (Å²) in [5.74, 6) is -0.426. The summed E-state index contributed by atoms with van der Waals surface area (Å²) in [7, 11) is -3.75. The van der Waals surface area contributed by atoms with Crippen LogP contribution in [0.25, 0.3) is 0 Å². The maximum absolute atomic E-state index is 13.1. The number of sulfonamides is 1. The van der Waals surface area contributed by atoms with Crippen molar-refractivity contribution in [2.75, 3.05) is 25.0 Å². The summed E-state index contributed by atoms with van der Waals surface area (Å²) in [6.45, 7) is 7.30. The Morgan fingerprint density at radius 2 is 1.65 bits per heavy atom. The van der Waals surface area contributed by atoms with Crippen molar-refractivity contribution in [1.82, 2.24) is 9.21 Å². The van der Waals surface area contributed by atoms with Gasteiger partial charge in [0.05, 0.1) is 4.90 Å². The van der Waals surface area contributed by atoms with E-state index in [0.29, 0.717) is 43.7 Å². The van der Waals surface area contributed by atoms with Gasteiger partial charge in [-0.1, -0.05) is 17.7 Å². The Morgan fingerprint density at radius 3 is 2.23 bits per heavy atom. The molecule has 2 aromatic carbocycles. The van der Waals surface area contributed by atoms with E-state index in [4.69, 9.17) is 0 Å². The number of anilines is 1. The molecule has 1 atom stereocenters. The average molecular weight is 444 g/mol. The highest BCUT2D eigenvalue weighted by atomic mass is 32.2. The zero-order chi connectivity index (χ0) is 22.6. The molecule has 0 bridgehead atoms. The van der Waals surface area contributed by atoms with Crippen LogP contribution in [0.4, 0.5) is 5.69 Å². The summed E-state index contributed by atoms with van der Waals surface area (Å²) in [4.78, 5) is 27.2. The van der Waals surface area contributed by atoms with Crippen LogP contribution in [-0.2, 0) is 14.8 Å². The van der Waals surface area contributed by atoms with Crippen molar-refractivity contribution in [3.05, 3.63) is 59.7 Å². The normalized spacial score (nSPS) is 16.8. The molecule has 0 aliphatic carbocycles. The monoisotopic (exact) mass is 443 g/mol. The minimum Gasteiger partial charge on any atom is -0.339 e. The van der Waals surface area contributed by atoms with Crippen LogP contribution in [0.15, 0.2) is 53.4 Å². The second-order valence-corrected chi connectivity index (χ2v) is 9.52. The molecule has 0 aromatic heterocycles. The smallest absolute Gasteiger partial charge is 0.253 e. The number of benzene rings is 2. The topological polar surface area (TPSA) is 86.8 Å². The van der Waals surface area contributed by atoms with Crippen molar-refractivity contribution in [3.63, 3.8) is 0 Å². The molecule has 8 heteroatoms. The number of carbonyl (C=O) groups excluding carboxylic acids is 2. The van der Waals surface area contributed by atoms with E-state index in [1.807, 2.05) is 20.8 Å². The molecule has 0 radical (unpaired) electrons. The molecule has 0 unspecified atom stereocenters. The van der Waals surface area contributed by atoms with E-state index in [2.05, 4.69) is 5.32 Å². The lowest BCUT2D eigenvalue weighted by Gasteiger charge is -2.23. The molecule has 7 nitrogen and oxygen atoms in total. The van der Waals surface area contributed by atoms with E-state index in [9.17, 15) is 18.0 Å². The first-order valence-corrected chi connectivity index (χ1v) is 12.0. The molecule has 0 saturated carbocycles. The average Bonchev–Trinajstić information content (AvgIpc) is 3.26. The Hall–Kier alpha value is -2.71. The fraction of sp³-hybridized carbons (Fsp3) is 0.391. The van der Waals surface area contributed by atoms with Crippen LogP contribution in [0.3, 0.4) is 0 Å². The van der Waals surface area contributed by atoms with Gasteiger partial charge in [-0.15, -0.1) is 0 Å². The van der Waals surface area contributed by atoms with E-state index in [-0.39, 0.29) is 16.7 Å². The van der Waals surface area contributed by atoms with Gasteiger partial charge in [-0.05, 0) is 70.0 Å². The Kier molecular flexibility index (Phi) is 7.12. The molecule has 1 aliphatic heterocycles. The van der Waals surface area contributed by atoms with Gasteiger partial charge in [-0.3, -0.25) is 9.59 Å². The van der Waals surface area contributed by atoms with Gasteiger partial charge in [-0.25, -0.2) is 8.42 Å². The van der Waals surface area contributed by atoms with Crippen molar-refractivity contribution in [3.8, 4) is 0 Å². The van der Waals surface area contributed by atoms with Crippen LogP contribution >= 0.6 is 0 Å². The quantitative estimate of drug-likeness (QED) is 0.712. The van der Waals surface area contributed by atoms with Crippen molar-refractivity contribution < 1.29 is 18.0 Å². The molecule has 1 saturated heterocycles. The molecule has 1 heterocycles. The van der Waals surface area contributed by atoms with E-state index >= 15 is 0 Å². The number of amides is 2. The predicted molar refractivity (Wildman–Crippen MR) is 120 cm³/mol. The second kappa shape index (κ2) is 9.62. The first-order chi connectivity index (χ1) is 14.8. The zero-order valence-corrected chi connectivity index (χ0v) is 19.0. The van der Waals surface area contributed by atoms with Crippen molar-refractivity contribution in [2.45, 2.75) is 44.6 Å². The van der Waals surface area contributed by atoms with Crippen molar-refractivity contribution in [2.24, 2.45) is 0 Å². The summed E-state index contributed by atoms with van der Waals surface area (Å²) in [6.07, 6.45) is 1.09. The van der Waals surface area contributed by atoms with E-state index in [1.165, 1.54) is 4.31 Å². The molecular weight excluding hydrogens is 414 g/mol. The standard InChI is InChI=1S/C23H29N3O4S/c1-4-25(5-2)23(28)18-10-12-19(13-11-18)24-22(27)21-7-6-16-26(21)31(29,30)20-14-8-17(3)9-15-20/h8-15,21H,4-7,16H2,1-3H3,(H,24,27)/t21-/m1/s1. The molecule has 1 fully saturated rings. The Labute approximate surface area is 184 Å². The van der Waals surface area contributed by atoms with Crippen LogP contribution in [0.2, 0.25) is 0 Å². The summed E-state index contributed by atoms with van der Waals surface area (Å²) >= 11 is 0. The Bertz CT molecular complexity index is 1030. The van der Waals surface area contributed by atoms with E-state index < -0.39 is 16.1 Å². The third-order valence-electron chi connectivity index (χ3n) is 5.58. The molecule has 0 spiro atoms. The number of aryl methyl sites for hydroxylation is 1. The number of nitrogens with zero attached hydrogens (tertiary/aromatic N) is 2. The number of nitrogens with one attached hydrogen (secondary N) is 1.